The summed E-state index contributed by atoms with van der Waals surface area (Å²) in [6, 6.07) is 17.1. The Bertz CT molecular complexity index is 1530. The zero-order valence-corrected chi connectivity index (χ0v) is 25.0. The van der Waals surface area contributed by atoms with Crippen LogP contribution in [0, 0.1) is 0 Å². The lowest BCUT2D eigenvalue weighted by atomic mass is 10.0. The smallest absolute Gasteiger partial charge is 0.274 e. The molecular formula is C28H19Cl3F6N2O4S. The van der Waals surface area contributed by atoms with Crippen molar-refractivity contribution in [2.24, 2.45) is 0 Å². The minimum Gasteiger partial charge on any atom is -0.274 e. The van der Waals surface area contributed by atoms with E-state index < -0.39 is 37.9 Å². The van der Waals surface area contributed by atoms with Crippen LogP contribution in [0.1, 0.15) is 43.9 Å². The van der Waals surface area contributed by atoms with Gasteiger partial charge in [-0.25, -0.2) is 4.21 Å². The first-order chi connectivity index (χ1) is 20.6. The first-order valence-corrected chi connectivity index (χ1v) is 14.8. The number of hydrogen-bond donors (Lipinski definition) is 0. The fourth-order valence-electron chi connectivity index (χ4n) is 3.33. The van der Waals surface area contributed by atoms with Crippen molar-refractivity contribution < 1.29 is 44.9 Å². The van der Waals surface area contributed by atoms with Gasteiger partial charge in [-0.15, -0.1) is 0 Å². The SMILES string of the molecule is FC(F)(F)c1cccc(Cc2cccnc2)c1.O=C(Cl)c1ccc(Cc2cccc(C(F)(F)F)c2)cn1.O=C=O.O=S(Cl)Cl. The molecule has 0 aliphatic carbocycles. The van der Waals surface area contributed by atoms with Crippen molar-refractivity contribution in [1.29, 1.82) is 0 Å². The van der Waals surface area contributed by atoms with E-state index in [-0.39, 0.29) is 11.8 Å². The molecule has 0 fully saturated rings. The maximum atomic E-state index is 12.6. The molecule has 0 aliphatic heterocycles. The van der Waals surface area contributed by atoms with Crippen molar-refractivity contribution in [3.8, 4) is 0 Å². The molecule has 0 bridgehead atoms. The van der Waals surface area contributed by atoms with Crippen LogP contribution < -0.4 is 0 Å². The third-order valence-electron chi connectivity index (χ3n) is 5.07. The average Bonchev–Trinajstić information content (AvgIpc) is 2.94. The second-order valence-electron chi connectivity index (χ2n) is 8.20. The maximum Gasteiger partial charge on any atom is 0.416 e. The van der Waals surface area contributed by atoms with Gasteiger partial charge in [0, 0.05) is 40.0 Å². The van der Waals surface area contributed by atoms with Crippen LogP contribution in [0.2, 0.25) is 0 Å². The lowest BCUT2D eigenvalue weighted by molar-refractivity contribution is -0.191. The highest BCUT2D eigenvalue weighted by Gasteiger charge is 2.31. The van der Waals surface area contributed by atoms with Crippen LogP contribution in [0.3, 0.4) is 0 Å². The quantitative estimate of drug-likeness (QED) is 0.154. The monoisotopic (exact) mass is 698 g/mol. The van der Waals surface area contributed by atoms with Crippen molar-refractivity contribution >= 4 is 53.6 Å². The summed E-state index contributed by atoms with van der Waals surface area (Å²) in [7, 11) is 7.36. The van der Waals surface area contributed by atoms with Gasteiger partial charge >= 0.3 is 18.5 Å². The average molecular weight is 700 g/mol. The zero-order valence-electron chi connectivity index (χ0n) is 21.9. The number of benzene rings is 2. The van der Waals surface area contributed by atoms with Crippen LogP contribution in [0.15, 0.2) is 91.4 Å². The van der Waals surface area contributed by atoms with Crippen molar-refractivity contribution in [2.75, 3.05) is 0 Å². The third kappa shape index (κ3) is 15.7. The van der Waals surface area contributed by atoms with Gasteiger partial charge in [0.25, 0.3) is 5.24 Å². The molecule has 0 amide bonds. The highest BCUT2D eigenvalue weighted by atomic mass is 36.0. The number of rotatable bonds is 5. The van der Waals surface area contributed by atoms with Gasteiger partial charge in [-0.1, -0.05) is 48.5 Å². The molecule has 0 N–H and O–H groups in total. The molecule has 0 atom stereocenters. The lowest BCUT2D eigenvalue weighted by Gasteiger charge is -2.08. The van der Waals surface area contributed by atoms with Crippen molar-refractivity contribution in [3.05, 3.63) is 130 Å². The second-order valence-corrected chi connectivity index (χ2v) is 11.1. The van der Waals surface area contributed by atoms with Crippen LogP contribution in [0.25, 0.3) is 0 Å². The van der Waals surface area contributed by atoms with E-state index in [1.54, 1.807) is 36.7 Å². The van der Waals surface area contributed by atoms with Gasteiger partial charge in [0.05, 0.1) is 11.1 Å². The summed E-state index contributed by atoms with van der Waals surface area (Å²) < 4.78 is 84.3. The Labute approximate surface area is 263 Å². The summed E-state index contributed by atoms with van der Waals surface area (Å²) >= 11 is 5.26. The highest BCUT2D eigenvalue weighted by molar-refractivity contribution is 8.26. The number of pyridine rings is 2. The molecule has 0 saturated carbocycles. The van der Waals surface area contributed by atoms with E-state index in [0.717, 1.165) is 23.8 Å². The van der Waals surface area contributed by atoms with Gasteiger partial charge < -0.3 is 0 Å². The third-order valence-corrected chi connectivity index (χ3v) is 5.27. The number of carbonyl (C=O) groups excluding carboxylic acids is 3. The molecule has 44 heavy (non-hydrogen) atoms. The number of halogens is 9. The Hall–Kier alpha value is -3.61. The maximum absolute atomic E-state index is 12.6. The summed E-state index contributed by atoms with van der Waals surface area (Å²) in [5, 5.41) is -0.671. The van der Waals surface area contributed by atoms with Crippen molar-refractivity contribution in [1.82, 2.24) is 9.97 Å². The van der Waals surface area contributed by atoms with Gasteiger partial charge in [-0.2, -0.15) is 35.9 Å². The van der Waals surface area contributed by atoms with Crippen LogP contribution >= 0.6 is 33.0 Å². The number of hydrogen-bond acceptors (Lipinski definition) is 6. The van der Waals surface area contributed by atoms with Crippen LogP contribution in [0.4, 0.5) is 26.3 Å². The molecule has 234 valence electrons. The van der Waals surface area contributed by atoms with Crippen LogP contribution in [0.5, 0.6) is 0 Å². The Balaban J connectivity index is 0.000000366. The molecule has 16 heteroatoms. The van der Waals surface area contributed by atoms with E-state index >= 15 is 0 Å². The van der Waals surface area contributed by atoms with E-state index in [2.05, 4.69) is 31.3 Å². The van der Waals surface area contributed by atoms with Gasteiger partial charge in [0.2, 0.25) is 9.23 Å². The second kappa shape index (κ2) is 18.9. The Morgan fingerprint density at radius 3 is 1.50 bits per heavy atom. The summed E-state index contributed by atoms with van der Waals surface area (Å²) in [6.07, 6.45) is -2.93. The highest BCUT2D eigenvalue weighted by Crippen LogP contribution is 2.31. The molecule has 2 heterocycles. The summed E-state index contributed by atoms with van der Waals surface area (Å²) in [4.78, 5) is 34.9. The van der Waals surface area contributed by atoms with Gasteiger partial charge in [0.1, 0.15) is 5.69 Å². The standard InChI is InChI=1S/C14H9ClF3NO.C13H10F3N.CO2.Cl2OS/c15-13(20)12-5-4-10(8-19-12)6-9-2-1-3-11(7-9)14(16,17)18;14-13(15,16)12-5-1-3-10(8-12)7-11-4-2-6-17-9-11;2-1-3;1-4(2)3/h1-5,7-8H,6H2;1-6,8-9H,7H2;;. The number of alkyl halides is 6. The molecule has 4 aromatic rings. The fraction of sp³-hybridized carbons (Fsp3) is 0.143. The van der Waals surface area contributed by atoms with E-state index in [4.69, 9.17) is 25.4 Å². The van der Waals surface area contributed by atoms with E-state index in [0.29, 0.717) is 29.5 Å². The summed E-state index contributed by atoms with van der Waals surface area (Å²) in [5.41, 5.74) is 1.56. The Morgan fingerprint density at radius 2 is 1.16 bits per heavy atom. The van der Waals surface area contributed by atoms with E-state index in [9.17, 15) is 31.1 Å². The molecule has 0 radical (unpaired) electrons. The first-order valence-electron chi connectivity index (χ1n) is 11.7. The molecule has 2 aromatic heterocycles. The molecule has 0 aliphatic rings. The predicted octanol–water partition coefficient (Wildman–Crippen LogP) is 8.22. The fourth-order valence-corrected chi connectivity index (χ4v) is 3.45. The number of aromatic nitrogens is 2. The number of nitrogens with zero attached hydrogens (tertiary/aromatic N) is 2. The van der Waals surface area contributed by atoms with Crippen LogP contribution in [-0.4, -0.2) is 25.6 Å². The van der Waals surface area contributed by atoms with E-state index in [1.807, 2.05) is 6.07 Å². The van der Waals surface area contributed by atoms with Gasteiger partial charge in [-0.05, 0) is 71.0 Å². The molecule has 4 rings (SSSR count). The lowest BCUT2D eigenvalue weighted by Crippen LogP contribution is -2.05. The molecular weight excluding hydrogens is 681 g/mol. The molecule has 0 saturated heterocycles. The minimum absolute atomic E-state index is 0.111. The topological polar surface area (TPSA) is 94.1 Å². The van der Waals surface area contributed by atoms with Crippen LogP contribution in [-0.2, 0) is 44.0 Å². The summed E-state index contributed by atoms with van der Waals surface area (Å²) in [6.45, 7) is 0. The molecule has 6 nitrogen and oxygen atoms in total. The first kappa shape index (κ1) is 38.4. The Morgan fingerprint density at radius 1 is 0.727 bits per heavy atom. The normalized spacial score (nSPS) is 10.6. The number of carbonyl (C=O) groups is 1. The zero-order chi connectivity index (χ0) is 33.3. The molecule has 0 unspecified atom stereocenters. The molecule has 2 aromatic carbocycles. The predicted molar refractivity (Wildman–Crippen MR) is 152 cm³/mol. The van der Waals surface area contributed by atoms with Crippen molar-refractivity contribution in [2.45, 2.75) is 25.2 Å². The van der Waals surface area contributed by atoms with Gasteiger partial charge in [0.15, 0.2) is 0 Å². The van der Waals surface area contributed by atoms with Crippen molar-refractivity contribution in [3.63, 3.8) is 0 Å². The Kier molecular flexibility index (Phi) is 16.5. The molecule has 0 spiro atoms. The van der Waals surface area contributed by atoms with Gasteiger partial charge in [-0.3, -0.25) is 14.8 Å². The van der Waals surface area contributed by atoms with E-state index in [1.165, 1.54) is 30.5 Å². The summed E-state index contributed by atoms with van der Waals surface area (Å²) in [5.74, 6) is 0. The largest absolute Gasteiger partial charge is 0.416 e. The minimum atomic E-state index is -4.36.